The number of amides is 1. The van der Waals surface area contributed by atoms with E-state index in [1.807, 2.05) is 25.1 Å². The molecule has 1 aliphatic rings. The highest BCUT2D eigenvalue weighted by Gasteiger charge is 2.26. The van der Waals surface area contributed by atoms with Gasteiger partial charge in [0, 0.05) is 19.8 Å². The van der Waals surface area contributed by atoms with Crippen LogP contribution in [0.2, 0.25) is 0 Å². The van der Waals surface area contributed by atoms with Crippen LogP contribution in [0.4, 0.5) is 0 Å². The van der Waals surface area contributed by atoms with Crippen molar-refractivity contribution in [2.24, 2.45) is 0 Å². The maximum atomic E-state index is 11.9. The van der Waals surface area contributed by atoms with Crippen LogP contribution in [0.1, 0.15) is 13.3 Å². The number of carbonyl (C=O) groups excluding carboxylic acids is 1. The predicted molar refractivity (Wildman–Crippen MR) is 70.5 cm³/mol. The van der Waals surface area contributed by atoms with Gasteiger partial charge in [0.15, 0.2) is 11.5 Å². The second-order valence-electron chi connectivity index (χ2n) is 4.21. The van der Waals surface area contributed by atoms with Crippen LogP contribution in [-0.4, -0.2) is 38.4 Å². The molecule has 1 unspecified atom stereocenters. The number of rotatable bonds is 6. The van der Waals surface area contributed by atoms with Gasteiger partial charge in [0.05, 0.1) is 0 Å². The van der Waals surface area contributed by atoms with E-state index in [9.17, 15) is 4.79 Å². The lowest BCUT2D eigenvalue weighted by molar-refractivity contribution is -0.130. The fourth-order valence-corrected chi connectivity index (χ4v) is 1.79. The van der Waals surface area contributed by atoms with Crippen LogP contribution in [0, 0.1) is 0 Å². The van der Waals surface area contributed by atoms with Gasteiger partial charge in [-0.05, 0) is 25.5 Å². The van der Waals surface area contributed by atoms with Crippen LogP contribution in [0.15, 0.2) is 24.3 Å². The quantitative estimate of drug-likeness (QED) is 0.789. The summed E-state index contributed by atoms with van der Waals surface area (Å²) in [6.07, 6.45) is 0.214. The lowest BCUT2D eigenvalue weighted by atomic mass is 10.2. The lowest BCUT2D eigenvalue weighted by Gasteiger charge is -2.25. The molecule has 5 nitrogen and oxygen atoms in total. The molecule has 0 spiro atoms. The maximum Gasteiger partial charge on any atom is 0.264 e. The van der Waals surface area contributed by atoms with Gasteiger partial charge < -0.3 is 19.5 Å². The van der Waals surface area contributed by atoms with Crippen LogP contribution in [0.3, 0.4) is 0 Å². The van der Waals surface area contributed by atoms with Crippen LogP contribution in [0.25, 0.3) is 0 Å². The fourth-order valence-electron chi connectivity index (χ4n) is 1.79. The van der Waals surface area contributed by atoms with Crippen molar-refractivity contribution >= 4 is 5.91 Å². The number of nitrogens with one attached hydrogen (secondary N) is 1. The Labute approximate surface area is 112 Å². The van der Waals surface area contributed by atoms with E-state index in [1.54, 1.807) is 6.07 Å². The van der Waals surface area contributed by atoms with Gasteiger partial charge >= 0.3 is 0 Å². The molecule has 5 heteroatoms. The van der Waals surface area contributed by atoms with Gasteiger partial charge in [0.1, 0.15) is 6.61 Å². The minimum absolute atomic E-state index is 0.147. The van der Waals surface area contributed by atoms with Gasteiger partial charge in [-0.2, -0.15) is 0 Å². The molecule has 0 fully saturated rings. The average Bonchev–Trinajstić information content (AvgIpc) is 2.46. The molecular weight excluding hydrogens is 246 g/mol. The average molecular weight is 265 g/mol. The Hall–Kier alpha value is -1.75. The Kier molecular flexibility index (Phi) is 5.03. The number of ether oxygens (including phenoxy) is 3. The van der Waals surface area contributed by atoms with Crippen molar-refractivity contribution in [2.45, 2.75) is 19.4 Å². The summed E-state index contributed by atoms with van der Waals surface area (Å²) in [5.74, 6) is 1.15. The van der Waals surface area contributed by atoms with E-state index in [0.29, 0.717) is 31.3 Å². The monoisotopic (exact) mass is 265 g/mol. The zero-order chi connectivity index (χ0) is 13.5. The Morgan fingerprint density at radius 2 is 2.21 bits per heavy atom. The van der Waals surface area contributed by atoms with Crippen LogP contribution >= 0.6 is 0 Å². The van der Waals surface area contributed by atoms with E-state index in [2.05, 4.69) is 5.32 Å². The first-order valence-electron chi connectivity index (χ1n) is 6.55. The maximum absolute atomic E-state index is 11.9. The zero-order valence-electron chi connectivity index (χ0n) is 11.1. The van der Waals surface area contributed by atoms with Gasteiger partial charge in [-0.25, -0.2) is 0 Å². The molecule has 1 amide bonds. The predicted octanol–water partition coefficient (Wildman–Crippen LogP) is 1.37. The van der Waals surface area contributed by atoms with E-state index in [-0.39, 0.29) is 12.5 Å². The Balaban J connectivity index is 1.76. The SMILES string of the molecule is CCOCCCNC(=O)C1COc2ccccc2O1. The second-order valence-corrected chi connectivity index (χ2v) is 4.21. The standard InChI is InChI=1S/C14H19NO4/c1-2-17-9-5-8-15-14(16)13-10-18-11-6-3-4-7-12(11)19-13/h3-4,6-7,13H,2,5,8-10H2,1H3,(H,15,16). The van der Waals surface area contributed by atoms with E-state index >= 15 is 0 Å². The first-order valence-corrected chi connectivity index (χ1v) is 6.55. The van der Waals surface area contributed by atoms with E-state index < -0.39 is 6.10 Å². The molecule has 0 aliphatic carbocycles. The normalized spacial score (nSPS) is 17.0. The minimum atomic E-state index is -0.581. The molecule has 1 aromatic rings. The summed E-state index contributed by atoms with van der Waals surface area (Å²) < 4.78 is 16.3. The van der Waals surface area contributed by atoms with Crippen LogP contribution in [-0.2, 0) is 9.53 Å². The summed E-state index contributed by atoms with van der Waals surface area (Å²) in [7, 11) is 0. The van der Waals surface area contributed by atoms with E-state index in [0.717, 1.165) is 6.42 Å². The Bertz CT molecular complexity index is 422. The Morgan fingerprint density at radius 3 is 3.00 bits per heavy atom. The molecule has 0 saturated heterocycles. The molecular formula is C14H19NO4. The van der Waals surface area contributed by atoms with Crippen molar-refractivity contribution in [3.8, 4) is 11.5 Å². The lowest BCUT2D eigenvalue weighted by Crippen LogP contribution is -2.44. The second kappa shape index (κ2) is 6.99. The van der Waals surface area contributed by atoms with E-state index in [4.69, 9.17) is 14.2 Å². The molecule has 0 radical (unpaired) electrons. The third kappa shape index (κ3) is 3.86. The number of carbonyl (C=O) groups is 1. The summed E-state index contributed by atoms with van der Waals surface area (Å²) >= 11 is 0. The highest BCUT2D eigenvalue weighted by Crippen LogP contribution is 2.30. The third-order valence-electron chi connectivity index (χ3n) is 2.77. The summed E-state index contributed by atoms with van der Waals surface area (Å²) in [4.78, 5) is 11.9. The van der Waals surface area contributed by atoms with Crippen LogP contribution < -0.4 is 14.8 Å². The van der Waals surface area contributed by atoms with Crippen molar-refractivity contribution in [3.05, 3.63) is 24.3 Å². The Morgan fingerprint density at radius 1 is 1.42 bits per heavy atom. The topological polar surface area (TPSA) is 56.8 Å². The number of benzene rings is 1. The van der Waals surface area contributed by atoms with Gasteiger partial charge in [-0.3, -0.25) is 4.79 Å². The molecule has 1 aromatic carbocycles. The molecule has 0 saturated carbocycles. The third-order valence-corrected chi connectivity index (χ3v) is 2.77. The van der Waals surface area contributed by atoms with Crippen LogP contribution in [0.5, 0.6) is 11.5 Å². The first-order chi connectivity index (χ1) is 9.31. The first kappa shape index (κ1) is 13.7. The summed E-state index contributed by atoms with van der Waals surface area (Å²) in [6.45, 7) is 4.13. The number of hydrogen-bond donors (Lipinski definition) is 1. The van der Waals surface area contributed by atoms with Crippen molar-refractivity contribution in [1.82, 2.24) is 5.32 Å². The zero-order valence-corrected chi connectivity index (χ0v) is 11.1. The van der Waals surface area contributed by atoms with Crippen molar-refractivity contribution in [2.75, 3.05) is 26.4 Å². The molecule has 0 aromatic heterocycles. The van der Waals surface area contributed by atoms with Gasteiger partial charge in [0.25, 0.3) is 5.91 Å². The highest BCUT2D eigenvalue weighted by molar-refractivity contribution is 5.81. The summed E-state index contributed by atoms with van der Waals surface area (Å²) in [6, 6.07) is 7.34. The molecule has 1 heterocycles. The van der Waals surface area contributed by atoms with E-state index in [1.165, 1.54) is 0 Å². The molecule has 1 atom stereocenters. The molecule has 0 bridgehead atoms. The van der Waals surface area contributed by atoms with Gasteiger partial charge in [0.2, 0.25) is 6.10 Å². The van der Waals surface area contributed by atoms with Crippen molar-refractivity contribution in [1.29, 1.82) is 0 Å². The highest BCUT2D eigenvalue weighted by atomic mass is 16.6. The molecule has 2 rings (SSSR count). The largest absolute Gasteiger partial charge is 0.485 e. The number of hydrogen-bond acceptors (Lipinski definition) is 4. The summed E-state index contributed by atoms with van der Waals surface area (Å²) in [5.41, 5.74) is 0. The minimum Gasteiger partial charge on any atom is -0.485 e. The van der Waals surface area contributed by atoms with Gasteiger partial charge in [-0.1, -0.05) is 12.1 Å². The smallest absolute Gasteiger partial charge is 0.264 e. The molecule has 19 heavy (non-hydrogen) atoms. The number of fused-ring (bicyclic) bond motifs is 1. The van der Waals surface area contributed by atoms with Gasteiger partial charge in [-0.15, -0.1) is 0 Å². The number of para-hydroxylation sites is 2. The molecule has 1 aliphatic heterocycles. The fraction of sp³-hybridized carbons (Fsp3) is 0.500. The summed E-state index contributed by atoms with van der Waals surface area (Å²) in [5, 5.41) is 2.82. The molecule has 1 N–H and O–H groups in total. The van der Waals surface area contributed by atoms with Crippen molar-refractivity contribution in [3.63, 3.8) is 0 Å². The van der Waals surface area contributed by atoms with Crippen molar-refractivity contribution < 1.29 is 19.0 Å². The molecule has 104 valence electrons.